The van der Waals surface area contributed by atoms with Crippen LogP contribution in [-0.4, -0.2) is 6.71 Å². The fraction of sp³-hybridized carbons (Fsp3) is 0.325. The molecule has 2 aromatic heterocycles. The fourth-order valence-electron chi connectivity index (χ4n) is 16.8. The number of furan rings is 1. The largest absolute Gasteiger partial charge is 0.456 e. The van der Waals surface area contributed by atoms with Gasteiger partial charge in [0.1, 0.15) is 11.2 Å². The Labute approximate surface area is 513 Å². The average Bonchev–Trinajstić information content (AvgIpc) is 0.844. The van der Waals surface area contributed by atoms with E-state index in [1.807, 2.05) is 11.3 Å². The molecule has 0 saturated heterocycles. The summed E-state index contributed by atoms with van der Waals surface area (Å²) in [6.45, 7) is 27.8. The molecule has 9 aromatic carbocycles. The second-order valence-corrected chi connectivity index (χ2v) is 32.0. The summed E-state index contributed by atoms with van der Waals surface area (Å²) in [7, 11) is 0. The van der Waals surface area contributed by atoms with Crippen LogP contribution in [0.1, 0.15) is 149 Å². The second-order valence-electron chi connectivity index (χ2n) is 30.9. The molecule has 4 fully saturated rings. The first kappa shape index (κ1) is 53.9. The number of thiophene rings is 1. The molecule has 4 saturated carbocycles. The van der Waals surface area contributed by atoms with E-state index in [1.165, 1.54) is 137 Å². The van der Waals surface area contributed by atoms with Gasteiger partial charge >= 0.3 is 0 Å². The smallest absolute Gasteiger partial charge is 0.252 e. The molecule has 0 radical (unpaired) electrons. The van der Waals surface area contributed by atoms with Gasteiger partial charge in [0.25, 0.3) is 6.71 Å². The van der Waals surface area contributed by atoms with E-state index in [-0.39, 0.29) is 33.8 Å². The van der Waals surface area contributed by atoms with Gasteiger partial charge in [-0.05, 0) is 237 Å². The van der Waals surface area contributed by atoms with Crippen molar-refractivity contribution in [1.82, 2.24) is 0 Å². The number of fused-ring (bicyclic) bond motifs is 10. The maximum Gasteiger partial charge on any atom is 0.252 e. The molecule has 0 amide bonds. The van der Waals surface area contributed by atoms with Crippen LogP contribution in [0.4, 0.5) is 51.2 Å². The van der Waals surface area contributed by atoms with Gasteiger partial charge in [0, 0.05) is 82.1 Å². The third-order valence-electron chi connectivity index (χ3n) is 21.0. The molecule has 0 spiro atoms. The van der Waals surface area contributed by atoms with Crippen LogP contribution in [0.3, 0.4) is 0 Å². The Morgan fingerprint density at radius 3 is 1.49 bits per heavy atom. The quantitative estimate of drug-likeness (QED) is 0.155. The summed E-state index contributed by atoms with van der Waals surface area (Å²) in [5.41, 5.74) is 23.8. The molecule has 4 nitrogen and oxygen atoms in total. The molecular weight excluding hydrogens is 1060 g/mol. The zero-order chi connectivity index (χ0) is 59.1. The molecule has 6 heteroatoms. The SMILES string of the molecule is CC(C)(C)c1ccc(N(c2ccc(C(C)(C)C)cc2)c2ccc3c(c2)N(c2ccc(C(C)(C)C)cc2)c2cc(C45CC6CC(CC(C6)C4)C5)cc4c2B3c2cc3sc5ccccc5c3cc2N4c2ccc3oc4ccc(C(C)(C)C)cc4c3c2)cc1. The van der Waals surface area contributed by atoms with Gasteiger partial charge in [-0.2, -0.15) is 0 Å². The molecule has 2 aliphatic heterocycles. The number of benzene rings is 9. The van der Waals surface area contributed by atoms with Gasteiger partial charge in [-0.25, -0.2) is 0 Å². The lowest BCUT2D eigenvalue weighted by atomic mass is 9.33. The van der Waals surface area contributed by atoms with Crippen LogP contribution >= 0.6 is 11.3 Å². The van der Waals surface area contributed by atoms with Crippen molar-refractivity contribution in [1.29, 1.82) is 0 Å². The summed E-state index contributed by atoms with van der Waals surface area (Å²) in [5.74, 6) is 2.37. The predicted octanol–water partition coefficient (Wildman–Crippen LogP) is 21.2. The second kappa shape index (κ2) is 18.7. The maximum atomic E-state index is 6.74. The third kappa shape index (κ3) is 8.57. The minimum absolute atomic E-state index is 0.00235. The molecular formula is C80H80BN3OS. The number of rotatable bonds is 6. The van der Waals surface area contributed by atoms with Crippen molar-refractivity contribution in [2.75, 3.05) is 14.7 Å². The van der Waals surface area contributed by atoms with Crippen molar-refractivity contribution in [3.8, 4) is 0 Å². The molecule has 0 atom stereocenters. The first-order chi connectivity index (χ1) is 41.0. The van der Waals surface area contributed by atoms with Crippen molar-refractivity contribution in [2.45, 2.75) is 149 Å². The van der Waals surface area contributed by atoms with E-state index < -0.39 is 0 Å². The lowest BCUT2D eigenvalue weighted by molar-refractivity contribution is -0.00514. The Morgan fingerprint density at radius 1 is 0.419 bits per heavy atom. The Hall–Kier alpha value is -7.54. The van der Waals surface area contributed by atoms with Gasteiger partial charge in [0.2, 0.25) is 0 Å². The molecule has 4 heterocycles. The molecule has 0 unspecified atom stereocenters. The van der Waals surface area contributed by atoms with E-state index in [0.717, 1.165) is 57.1 Å². The van der Waals surface area contributed by atoms with Crippen LogP contribution in [0, 0.1) is 17.8 Å². The standard InChI is InChI=1S/C80H80BN3OS/c1-76(2,3)51-17-24-56(25-18-51)82(57-26-19-52(20-27-57)77(4,5)6)60-30-32-65-67(42-60)83(58-28-21-53(22-29-58)78(7,8)9)69-39-55(80-45-48-35-49(46-80)37-50(36-48)47-80)40-70-75(69)81(65)66-44-74-64(61-15-13-14-16-73(61)86-74)43-68(66)84(70)59-31-34-72-63(41-59)62-38-54(79(10,11)12)23-33-71(62)85-72/h13-34,38-44,48-50H,35-37,45-47H2,1-12H3. The molecule has 17 rings (SSSR count). The summed E-state index contributed by atoms with van der Waals surface area (Å²) < 4.78 is 9.39. The number of hydrogen-bond acceptors (Lipinski definition) is 5. The van der Waals surface area contributed by atoms with Crippen molar-refractivity contribution in [3.05, 3.63) is 204 Å². The molecule has 4 bridgehead atoms. The van der Waals surface area contributed by atoms with Gasteiger partial charge in [-0.1, -0.05) is 150 Å². The molecule has 86 heavy (non-hydrogen) atoms. The summed E-state index contributed by atoms with van der Waals surface area (Å²) in [5, 5.41) is 4.97. The molecule has 0 N–H and O–H groups in total. The summed E-state index contributed by atoms with van der Waals surface area (Å²) in [6.07, 6.45) is 8.03. The van der Waals surface area contributed by atoms with E-state index in [9.17, 15) is 0 Å². The van der Waals surface area contributed by atoms with E-state index in [2.05, 4.69) is 274 Å². The zero-order valence-corrected chi connectivity index (χ0v) is 53.3. The average molecular weight is 1140 g/mol. The molecule has 4 aliphatic carbocycles. The Kier molecular flexibility index (Phi) is 11.7. The number of anilines is 9. The minimum atomic E-state index is -0.0566. The topological polar surface area (TPSA) is 22.9 Å². The van der Waals surface area contributed by atoms with Crippen molar-refractivity contribution in [2.24, 2.45) is 17.8 Å². The van der Waals surface area contributed by atoms with E-state index in [4.69, 9.17) is 4.42 Å². The summed E-state index contributed by atoms with van der Waals surface area (Å²) in [4.78, 5) is 7.91. The van der Waals surface area contributed by atoms with Crippen LogP contribution in [0.15, 0.2) is 180 Å². The molecule has 6 aliphatic rings. The highest BCUT2D eigenvalue weighted by Crippen LogP contribution is 2.62. The van der Waals surface area contributed by atoms with Crippen LogP contribution in [0.2, 0.25) is 0 Å². The highest BCUT2D eigenvalue weighted by Gasteiger charge is 2.53. The van der Waals surface area contributed by atoms with Gasteiger partial charge in [0.15, 0.2) is 0 Å². The van der Waals surface area contributed by atoms with E-state index in [1.54, 1.807) is 0 Å². The normalized spacial score (nSPS) is 19.9. The van der Waals surface area contributed by atoms with Gasteiger partial charge in [0.05, 0.1) is 0 Å². The van der Waals surface area contributed by atoms with Crippen LogP contribution in [-0.2, 0) is 27.1 Å². The summed E-state index contributed by atoms with van der Waals surface area (Å²) >= 11 is 1.93. The van der Waals surface area contributed by atoms with Gasteiger partial charge in [-0.3, -0.25) is 0 Å². The first-order valence-electron chi connectivity index (χ1n) is 32.0. The number of nitrogens with zero attached hydrogens (tertiary/aromatic N) is 3. The van der Waals surface area contributed by atoms with Crippen molar-refractivity contribution in [3.63, 3.8) is 0 Å². The monoisotopic (exact) mass is 1140 g/mol. The third-order valence-corrected chi connectivity index (χ3v) is 22.1. The van der Waals surface area contributed by atoms with E-state index >= 15 is 0 Å². The van der Waals surface area contributed by atoms with E-state index in [0.29, 0.717) is 0 Å². The molecule has 11 aromatic rings. The maximum absolute atomic E-state index is 6.74. The highest BCUT2D eigenvalue weighted by atomic mass is 32.1. The van der Waals surface area contributed by atoms with Gasteiger partial charge in [-0.15, -0.1) is 11.3 Å². The van der Waals surface area contributed by atoms with Gasteiger partial charge < -0.3 is 19.1 Å². The fourth-order valence-corrected chi connectivity index (χ4v) is 17.9. The van der Waals surface area contributed by atoms with Crippen LogP contribution in [0.25, 0.3) is 42.1 Å². The lowest BCUT2D eigenvalue weighted by Gasteiger charge is -2.57. The predicted molar refractivity (Wildman–Crippen MR) is 370 cm³/mol. The highest BCUT2D eigenvalue weighted by molar-refractivity contribution is 7.26. The Morgan fingerprint density at radius 2 is 0.907 bits per heavy atom. The Balaban J connectivity index is 0.997. The van der Waals surface area contributed by atoms with Crippen LogP contribution < -0.4 is 31.1 Å². The Bertz CT molecular complexity index is 4460. The lowest BCUT2D eigenvalue weighted by Crippen LogP contribution is -2.61. The first-order valence-corrected chi connectivity index (χ1v) is 32.8. The molecule has 430 valence electrons. The van der Waals surface area contributed by atoms with Crippen molar-refractivity contribution < 1.29 is 4.42 Å². The number of hydrogen-bond donors (Lipinski definition) is 0. The van der Waals surface area contributed by atoms with Crippen molar-refractivity contribution >= 4 is 128 Å². The zero-order valence-electron chi connectivity index (χ0n) is 52.5. The van der Waals surface area contributed by atoms with Crippen LogP contribution in [0.5, 0.6) is 0 Å². The minimum Gasteiger partial charge on any atom is -0.456 e. The summed E-state index contributed by atoms with van der Waals surface area (Å²) in [6, 6.07) is 69.5.